The van der Waals surface area contributed by atoms with Crippen LogP contribution in [0.5, 0.6) is 5.75 Å². The average molecular weight is 307 g/mol. The molecule has 5 nitrogen and oxygen atoms in total. The molecule has 0 aliphatic carbocycles. The summed E-state index contributed by atoms with van der Waals surface area (Å²) in [4.78, 5) is 24.6. The number of amides is 1. The first-order chi connectivity index (χ1) is 10.5. The van der Waals surface area contributed by atoms with Gasteiger partial charge in [-0.1, -0.05) is 18.2 Å². The van der Waals surface area contributed by atoms with Crippen LogP contribution >= 0.6 is 0 Å². The number of likely N-dealkylation sites (N-methyl/N-ethyl adjacent to an activating group) is 1. The second-order valence-electron chi connectivity index (χ2n) is 5.23. The van der Waals surface area contributed by atoms with Gasteiger partial charge in [-0.05, 0) is 38.3 Å². The third kappa shape index (κ3) is 5.76. The molecule has 0 radical (unpaired) electrons. The lowest BCUT2D eigenvalue weighted by Gasteiger charge is -2.16. The van der Waals surface area contributed by atoms with Crippen LogP contribution < -0.4 is 4.74 Å². The zero-order valence-electron chi connectivity index (χ0n) is 13.8. The monoisotopic (exact) mass is 307 g/mol. The van der Waals surface area contributed by atoms with Crippen molar-refractivity contribution in [2.24, 2.45) is 0 Å². The van der Waals surface area contributed by atoms with Crippen molar-refractivity contribution < 1.29 is 19.1 Å². The highest BCUT2D eigenvalue weighted by Crippen LogP contribution is 2.22. The van der Waals surface area contributed by atoms with Gasteiger partial charge in [0, 0.05) is 13.5 Å². The maximum Gasteiger partial charge on any atom is 0.325 e. The summed E-state index contributed by atoms with van der Waals surface area (Å²) in [6.45, 7) is 6.53. The molecular weight excluding hydrogens is 282 g/mol. The van der Waals surface area contributed by atoms with Gasteiger partial charge in [0.05, 0.1) is 13.2 Å². The van der Waals surface area contributed by atoms with Crippen LogP contribution in [0.3, 0.4) is 0 Å². The van der Waals surface area contributed by atoms with Gasteiger partial charge in [0.1, 0.15) is 12.3 Å². The minimum absolute atomic E-state index is 0.00949. The van der Waals surface area contributed by atoms with E-state index in [1.165, 1.54) is 4.90 Å². The van der Waals surface area contributed by atoms with E-state index in [4.69, 9.17) is 9.47 Å². The number of aryl methyl sites for hydroxylation is 2. The van der Waals surface area contributed by atoms with Crippen LogP contribution in [0.25, 0.3) is 0 Å². The van der Waals surface area contributed by atoms with Gasteiger partial charge in [-0.2, -0.15) is 0 Å². The number of para-hydroxylation sites is 1. The molecule has 5 heteroatoms. The molecule has 0 heterocycles. The molecule has 0 N–H and O–H groups in total. The van der Waals surface area contributed by atoms with Crippen LogP contribution in [0.15, 0.2) is 18.2 Å². The second kappa shape index (κ2) is 9.07. The molecule has 22 heavy (non-hydrogen) atoms. The number of nitrogens with zero attached hydrogens (tertiary/aromatic N) is 1. The van der Waals surface area contributed by atoms with Crippen molar-refractivity contribution in [2.75, 3.05) is 26.8 Å². The molecule has 122 valence electrons. The summed E-state index contributed by atoms with van der Waals surface area (Å²) in [6.07, 6.45) is 0.959. The highest BCUT2D eigenvalue weighted by molar-refractivity contribution is 5.81. The van der Waals surface area contributed by atoms with E-state index < -0.39 is 0 Å². The highest BCUT2D eigenvalue weighted by atomic mass is 16.5. The Labute approximate surface area is 132 Å². The topological polar surface area (TPSA) is 55.8 Å². The van der Waals surface area contributed by atoms with Crippen molar-refractivity contribution in [3.05, 3.63) is 29.3 Å². The quantitative estimate of drug-likeness (QED) is 0.547. The minimum Gasteiger partial charge on any atom is -0.493 e. The summed E-state index contributed by atoms with van der Waals surface area (Å²) in [6, 6.07) is 5.99. The van der Waals surface area contributed by atoms with E-state index in [-0.39, 0.29) is 18.4 Å². The number of ether oxygens (including phenoxy) is 2. The number of hydrogen-bond donors (Lipinski definition) is 0. The average Bonchev–Trinajstić information content (AvgIpc) is 2.45. The second-order valence-corrected chi connectivity index (χ2v) is 5.23. The number of benzene rings is 1. The summed E-state index contributed by atoms with van der Waals surface area (Å²) in [5.74, 6) is 0.415. The smallest absolute Gasteiger partial charge is 0.325 e. The molecular formula is C17H25NO4. The molecule has 1 aromatic rings. The predicted molar refractivity (Wildman–Crippen MR) is 84.9 cm³/mol. The number of esters is 1. The molecule has 1 amide bonds. The van der Waals surface area contributed by atoms with Gasteiger partial charge < -0.3 is 14.4 Å². The molecule has 1 aromatic carbocycles. The number of hydrogen-bond acceptors (Lipinski definition) is 4. The summed E-state index contributed by atoms with van der Waals surface area (Å²) >= 11 is 0. The maximum absolute atomic E-state index is 11.9. The Morgan fingerprint density at radius 1 is 1.18 bits per heavy atom. The fourth-order valence-electron chi connectivity index (χ4n) is 2.10. The molecule has 0 aliphatic rings. The normalized spacial score (nSPS) is 10.2. The molecule has 0 bridgehead atoms. The van der Waals surface area contributed by atoms with Gasteiger partial charge >= 0.3 is 5.97 Å². The molecule has 0 unspecified atom stereocenters. The Morgan fingerprint density at radius 2 is 1.82 bits per heavy atom. The Morgan fingerprint density at radius 3 is 2.41 bits per heavy atom. The summed E-state index contributed by atoms with van der Waals surface area (Å²) in [7, 11) is 1.60. The molecule has 0 saturated carbocycles. The van der Waals surface area contributed by atoms with E-state index in [9.17, 15) is 9.59 Å². The van der Waals surface area contributed by atoms with Gasteiger partial charge in [-0.3, -0.25) is 9.59 Å². The van der Waals surface area contributed by atoms with Gasteiger partial charge in [-0.15, -0.1) is 0 Å². The van der Waals surface area contributed by atoms with Crippen LogP contribution in [-0.2, 0) is 14.3 Å². The zero-order valence-corrected chi connectivity index (χ0v) is 13.8. The number of carbonyl (C=O) groups excluding carboxylic acids is 2. The standard InChI is InChI=1S/C17H25NO4/c1-5-21-16(20)12-18(4)15(19)10-7-11-22-17-13(2)8-6-9-14(17)3/h6,8-9H,5,7,10-12H2,1-4H3. The fraction of sp³-hybridized carbons (Fsp3) is 0.529. The van der Waals surface area contributed by atoms with Crippen molar-refractivity contribution in [1.29, 1.82) is 0 Å². The van der Waals surface area contributed by atoms with Crippen molar-refractivity contribution in [3.63, 3.8) is 0 Å². The van der Waals surface area contributed by atoms with Crippen LogP contribution in [0.2, 0.25) is 0 Å². The van der Waals surface area contributed by atoms with Crippen LogP contribution in [0, 0.1) is 13.8 Å². The molecule has 0 spiro atoms. The third-order valence-electron chi connectivity index (χ3n) is 3.29. The van der Waals surface area contributed by atoms with Crippen LogP contribution in [-0.4, -0.2) is 43.6 Å². The fourth-order valence-corrected chi connectivity index (χ4v) is 2.10. The zero-order chi connectivity index (χ0) is 16.5. The molecule has 1 rings (SSSR count). The van der Waals surface area contributed by atoms with E-state index >= 15 is 0 Å². The van der Waals surface area contributed by atoms with Gasteiger partial charge in [0.25, 0.3) is 0 Å². The maximum atomic E-state index is 11.9. The summed E-state index contributed by atoms with van der Waals surface area (Å²) in [5, 5.41) is 0. The first-order valence-electron chi connectivity index (χ1n) is 7.54. The lowest BCUT2D eigenvalue weighted by Crippen LogP contribution is -2.33. The van der Waals surface area contributed by atoms with Crippen molar-refractivity contribution >= 4 is 11.9 Å². The minimum atomic E-state index is -0.384. The van der Waals surface area contributed by atoms with Gasteiger partial charge in [0.2, 0.25) is 5.91 Å². The van der Waals surface area contributed by atoms with Crippen molar-refractivity contribution in [1.82, 2.24) is 4.90 Å². The van der Waals surface area contributed by atoms with E-state index in [1.54, 1.807) is 14.0 Å². The summed E-state index contributed by atoms with van der Waals surface area (Å²) < 4.78 is 10.6. The largest absolute Gasteiger partial charge is 0.493 e. The Balaban J connectivity index is 2.32. The molecule has 0 saturated heterocycles. The van der Waals surface area contributed by atoms with E-state index in [1.807, 2.05) is 32.0 Å². The van der Waals surface area contributed by atoms with Crippen LogP contribution in [0.4, 0.5) is 0 Å². The van der Waals surface area contributed by atoms with Crippen molar-refractivity contribution in [3.8, 4) is 5.75 Å². The van der Waals surface area contributed by atoms with Gasteiger partial charge in [-0.25, -0.2) is 0 Å². The first kappa shape index (κ1) is 18.0. The molecule has 0 fully saturated rings. The first-order valence-corrected chi connectivity index (χ1v) is 7.54. The summed E-state index contributed by atoms with van der Waals surface area (Å²) in [5.41, 5.74) is 2.18. The predicted octanol–water partition coefficient (Wildman–Crippen LogP) is 2.48. The third-order valence-corrected chi connectivity index (χ3v) is 3.29. The lowest BCUT2D eigenvalue weighted by molar-refractivity contribution is -0.148. The van der Waals surface area contributed by atoms with E-state index in [0.717, 1.165) is 16.9 Å². The molecule has 0 aromatic heterocycles. The number of carbonyl (C=O) groups is 2. The highest BCUT2D eigenvalue weighted by Gasteiger charge is 2.13. The Hall–Kier alpha value is -2.04. The number of rotatable bonds is 8. The Kier molecular flexibility index (Phi) is 7.43. The van der Waals surface area contributed by atoms with E-state index in [2.05, 4.69) is 0 Å². The van der Waals surface area contributed by atoms with E-state index in [0.29, 0.717) is 26.1 Å². The molecule has 0 atom stereocenters. The van der Waals surface area contributed by atoms with Crippen molar-refractivity contribution in [2.45, 2.75) is 33.6 Å². The lowest BCUT2D eigenvalue weighted by atomic mass is 10.1. The van der Waals surface area contributed by atoms with Crippen LogP contribution in [0.1, 0.15) is 30.9 Å². The molecule has 0 aliphatic heterocycles. The SMILES string of the molecule is CCOC(=O)CN(C)C(=O)CCCOc1c(C)cccc1C. The Bertz CT molecular complexity index is 493. The van der Waals surface area contributed by atoms with Gasteiger partial charge in [0.15, 0.2) is 0 Å².